The molecule has 24 valence electrons. The van der Waals surface area contributed by atoms with Crippen LogP contribution in [0, 0.1) is 0 Å². The van der Waals surface area contributed by atoms with Crippen LogP contribution in [0.2, 0.25) is 0 Å². The van der Waals surface area contributed by atoms with E-state index < -0.39 is 0 Å². The van der Waals surface area contributed by atoms with Crippen molar-refractivity contribution in [1.29, 1.82) is 0 Å². The normalized spacial score (nSPS) is 1.60. The van der Waals surface area contributed by atoms with Crippen LogP contribution in [0.5, 0.6) is 0 Å². The zero-order chi connectivity index (χ0) is 2.71. The maximum absolute atomic E-state index is 8.12. The van der Waals surface area contributed by atoms with Gasteiger partial charge in [0.05, 0.1) is 0 Å². The quantitative estimate of drug-likeness (QED) is 0.319. The van der Waals surface area contributed by atoms with E-state index in [1.165, 1.54) is 0 Å². The summed E-state index contributed by atoms with van der Waals surface area (Å²) in [7, 11) is 0. The Hall–Kier alpha value is 0.860. The second kappa shape index (κ2) is 20.9. The first kappa shape index (κ1) is 16.9. The maximum atomic E-state index is 8.12. The molecule has 0 saturated heterocycles. The fourth-order valence-electron chi connectivity index (χ4n) is 0. The van der Waals surface area contributed by atoms with Gasteiger partial charge in [0, 0.05) is 0 Å². The van der Waals surface area contributed by atoms with Crippen molar-refractivity contribution in [3.63, 3.8) is 0 Å². The zero-order valence-corrected chi connectivity index (χ0v) is 6.28. The van der Waals surface area contributed by atoms with Crippen molar-refractivity contribution in [2.24, 2.45) is 0 Å². The summed E-state index contributed by atoms with van der Waals surface area (Å²) in [5.74, 6) is 0. The number of carbonyl (C=O) groups excluding carboxylic acids is 2. The van der Waals surface area contributed by atoms with Gasteiger partial charge in [0.1, 0.15) is 0 Å². The Labute approximate surface area is 62.0 Å². The van der Waals surface area contributed by atoms with Gasteiger partial charge in [-0.15, -0.1) is 0 Å². The summed E-state index contributed by atoms with van der Waals surface area (Å²) >= 11 is 0. The molecule has 0 spiro atoms. The van der Waals surface area contributed by atoms with E-state index in [0.717, 1.165) is 0 Å². The van der Waals surface area contributed by atoms with Gasteiger partial charge < -0.3 is 17.0 Å². The van der Waals surface area contributed by atoms with Crippen molar-refractivity contribution in [3.8, 4) is 0 Å². The van der Waals surface area contributed by atoms with Crippen LogP contribution in [0.15, 0.2) is 0 Å². The smallest absolute Gasteiger partial charge is 1.00 e. The molecule has 0 aliphatic rings. The fourth-order valence-corrected chi connectivity index (χ4v) is 0. The predicted octanol–water partition coefficient (Wildman–Crippen LogP) is -6.58. The second-order valence-electron chi connectivity index (χ2n) is 0.0833. The Kier molecular flexibility index (Phi) is 70.8. The van der Waals surface area contributed by atoms with Crippen LogP contribution in [-0.4, -0.2) is 6.15 Å². The molecule has 0 aliphatic heterocycles. The first-order valence-electron chi connectivity index (χ1n) is 0.408. The van der Waals surface area contributed by atoms with Crippen molar-refractivity contribution in [2.75, 3.05) is 0 Å². The van der Waals surface area contributed by atoms with Gasteiger partial charge in [-0.3, -0.25) is 0 Å². The molecule has 0 N–H and O–H groups in total. The summed E-state index contributed by atoms with van der Waals surface area (Å²) < 4.78 is 0. The van der Waals surface area contributed by atoms with Crippen LogP contribution in [0.4, 0.5) is 0 Å². The van der Waals surface area contributed by atoms with E-state index in [4.69, 9.17) is 9.59 Å². The Bertz CT molecular complexity index is 30.6. The zero-order valence-electron chi connectivity index (χ0n) is 2.69. The molecule has 0 bridgehead atoms. The van der Waals surface area contributed by atoms with Crippen LogP contribution in [0.1, 0.15) is 0 Å². The van der Waals surface area contributed by atoms with Crippen molar-refractivity contribution in [2.45, 2.75) is 0 Å². The number of hydrogen-bond acceptors (Lipinski definition) is 2. The molecule has 0 atom stereocenters. The van der Waals surface area contributed by atoms with Crippen LogP contribution in [-0.2, 0) is 9.59 Å². The van der Waals surface area contributed by atoms with Gasteiger partial charge in [0.15, 0.2) is 0 Å². The van der Waals surface area contributed by atoms with Gasteiger partial charge in [0.2, 0.25) is 0 Å². The molecule has 0 unspecified atom stereocenters. The monoisotopic (exact) mass is 146 g/mol. The molecular formula is CBrNaO2. The average Bonchev–Trinajstić information content (AvgIpc) is 0.918. The van der Waals surface area contributed by atoms with Crippen molar-refractivity contribution >= 4 is 6.15 Å². The van der Waals surface area contributed by atoms with Crippen molar-refractivity contribution in [3.05, 3.63) is 0 Å². The molecule has 0 amide bonds. The Balaban J connectivity index is -0.0000000200. The van der Waals surface area contributed by atoms with E-state index in [0.29, 0.717) is 0 Å². The molecule has 0 aromatic rings. The van der Waals surface area contributed by atoms with E-state index in [-0.39, 0.29) is 52.7 Å². The number of hydrogen-bond donors (Lipinski definition) is 0. The molecule has 0 aromatic carbocycles. The van der Waals surface area contributed by atoms with E-state index in [1.54, 1.807) is 0 Å². The van der Waals surface area contributed by atoms with E-state index in [2.05, 4.69) is 0 Å². The summed E-state index contributed by atoms with van der Waals surface area (Å²) in [5.41, 5.74) is 0. The summed E-state index contributed by atoms with van der Waals surface area (Å²) in [6.07, 6.45) is 0.250. The minimum Gasteiger partial charge on any atom is -1.00 e. The van der Waals surface area contributed by atoms with E-state index in [9.17, 15) is 0 Å². The summed E-state index contributed by atoms with van der Waals surface area (Å²) in [6.45, 7) is 0. The van der Waals surface area contributed by atoms with Gasteiger partial charge in [-0.1, -0.05) is 0 Å². The first-order valence-corrected chi connectivity index (χ1v) is 0.408. The average molecular weight is 147 g/mol. The third-order valence-electron chi connectivity index (χ3n) is 0. The molecule has 0 aliphatic carbocycles. The van der Waals surface area contributed by atoms with Gasteiger partial charge in [0.25, 0.3) is 0 Å². The molecule has 0 heterocycles. The first-order chi connectivity index (χ1) is 1.41. The Morgan fingerprint density at radius 2 is 1.20 bits per heavy atom. The maximum Gasteiger partial charge on any atom is 1.00 e. The minimum atomic E-state index is 0. The summed E-state index contributed by atoms with van der Waals surface area (Å²) in [5, 5.41) is 0. The molecule has 0 rings (SSSR count). The van der Waals surface area contributed by atoms with Gasteiger partial charge >= 0.3 is 35.7 Å². The molecule has 0 fully saturated rings. The Morgan fingerprint density at radius 1 is 1.20 bits per heavy atom. The van der Waals surface area contributed by atoms with Crippen LogP contribution in [0.3, 0.4) is 0 Å². The minimum absolute atomic E-state index is 0. The van der Waals surface area contributed by atoms with Crippen molar-refractivity contribution in [1.82, 2.24) is 0 Å². The van der Waals surface area contributed by atoms with E-state index >= 15 is 0 Å². The third kappa shape index (κ3) is 53.7. The Morgan fingerprint density at radius 3 is 1.20 bits per heavy atom. The summed E-state index contributed by atoms with van der Waals surface area (Å²) in [6, 6.07) is 0. The van der Waals surface area contributed by atoms with E-state index in [1.807, 2.05) is 0 Å². The molecule has 0 radical (unpaired) electrons. The SMILES string of the molecule is O=C=O.[Br-].[Na+]. The predicted molar refractivity (Wildman–Crippen MR) is 5.01 cm³/mol. The van der Waals surface area contributed by atoms with Crippen LogP contribution in [0.25, 0.3) is 0 Å². The van der Waals surface area contributed by atoms with Gasteiger partial charge in [-0.25, -0.2) is 0 Å². The second-order valence-corrected chi connectivity index (χ2v) is 0.0833. The van der Waals surface area contributed by atoms with Crippen molar-refractivity contribution < 1.29 is 56.1 Å². The van der Waals surface area contributed by atoms with Gasteiger partial charge in [-0.05, 0) is 0 Å². The molecule has 4 heteroatoms. The number of rotatable bonds is 0. The topological polar surface area (TPSA) is 34.1 Å². The van der Waals surface area contributed by atoms with Crippen LogP contribution < -0.4 is 46.5 Å². The number of halogens is 1. The molecular weight excluding hydrogens is 147 g/mol. The molecule has 0 saturated carbocycles. The fraction of sp³-hybridized carbons (Fsp3) is 0. The summed E-state index contributed by atoms with van der Waals surface area (Å²) in [4.78, 5) is 16.2. The molecule has 0 aromatic heterocycles. The third-order valence-corrected chi connectivity index (χ3v) is 0. The molecule has 5 heavy (non-hydrogen) atoms. The largest absolute Gasteiger partial charge is 1.00 e. The van der Waals surface area contributed by atoms with Crippen LogP contribution >= 0.6 is 0 Å². The standard InChI is InChI=1S/CO2.BrH.Na/c2-1-3;;/h;1H;/q;;+1/p-1. The van der Waals surface area contributed by atoms with Gasteiger partial charge in [-0.2, -0.15) is 9.59 Å². The molecule has 2 nitrogen and oxygen atoms in total.